The molecule has 2 aliphatic heterocycles. The summed E-state index contributed by atoms with van der Waals surface area (Å²) in [5.41, 5.74) is 1.26. The predicted octanol–water partition coefficient (Wildman–Crippen LogP) is 3.51. The number of nitrogens with zero attached hydrogens (tertiary/aromatic N) is 1. The third-order valence-corrected chi connectivity index (χ3v) is 5.41. The van der Waals surface area contributed by atoms with Gasteiger partial charge < -0.3 is 15.0 Å². The summed E-state index contributed by atoms with van der Waals surface area (Å²) in [5.74, 6) is 1.06. The Balaban J connectivity index is 1.43. The van der Waals surface area contributed by atoms with Crippen molar-refractivity contribution in [3.05, 3.63) is 29.8 Å². The first-order valence-corrected chi connectivity index (χ1v) is 8.89. The van der Waals surface area contributed by atoms with Crippen LogP contribution in [0.4, 0.5) is 0 Å². The molecule has 1 saturated carbocycles. The van der Waals surface area contributed by atoms with Crippen molar-refractivity contribution in [3.8, 4) is 5.75 Å². The highest BCUT2D eigenvalue weighted by molar-refractivity contribution is 5.38. The molecule has 0 bridgehead atoms. The van der Waals surface area contributed by atoms with Crippen molar-refractivity contribution >= 4 is 0 Å². The topological polar surface area (TPSA) is 24.5 Å². The Kier molecular flexibility index (Phi) is 3.66. The number of hydrogen-bond donors (Lipinski definition) is 1. The third kappa shape index (κ3) is 3.02. The van der Waals surface area contributed by atoms with E-state index in [1.165, 1.54) is 44.3 Å². The maximum absolute atomic E-state index is 6.15. The number of likely N-dealkylation sites (tertiary alicyclic amines) is 1. The summed E-state index contributed by atoms with van der Waals surface area (Å²) < 4.78 is 6.15. The van der Waals surface area contributed by atoms with E-state index in [0.29, 0.717) is 12.1 Å². The van der Waals surface area contributed by atoms with Gasteiger partial charge in [-0.15, -0.1) is 0 Å². The minimum absolute atomic E-state index is 0.0826. The molecule has 1 N–H and O–H groups in total. The number of benzene rings is 1. The Morgan fingerprint density at radius 2 is 1.82 bits per heavy atom. The monoisotopic (exact) mass is 300 g/mol. The molecule has 1 saturated heterocycles. The number of piperidine rings is 1. The first-order valence-electron chi connectivity index (χ1n) is 8.89. The minimum atomic E-state index is -0.0826. The van der Waals surface area contributed by atoms with E-state index >= 15 is 0 Å². The SMILES string of the molecule is CC1(C)C[C@@H](NC2CCN(C3CC3)CC2)c2ccccc2O1. The van der Waals surface area contributed by atoms with Crippen LogP contribution in [0.3, 0.4) is 0 Å². The van der Waals surface area contributed by atoms with Crippen molar-refractivity contribution in [1.82, 2.24) is 10.2 Å². The number of fused-ring (bicyclic) bond motifs is 1. The van der Waals surface area contributed by atoms with Crippen LogP contribution in [0.25, 0.3) is 0 Å². The molecule has 1 aliphatic carbocycles. The van der Waals surface area contributed by atoms with Crippen LogP contribution in [0, 0.1) is 0 Å². The van der Waals surface area contributed by atoms with E-state index in [9.17, 15) is 0 Å². The van der Waals surface area contributed by atoms with E-state index in [1.807, 2.05) is 0 Å². The second-order valence-electron chi connectivity index (χ2n) is 7.86. The zero-order chi connectivity index (χ0) is 15.2. The van der Waals surface area contributed by atoms with Crippen molar-refractivity contribution in [2.45, 2.75) is 69.7 Å². The van der Waals surface area contributed by atoms with E-state index < -0.39 is 0 Å². The molecular weight excluding hydrogens is 272 g/mol. The van der Waals surface area contributed by atoms with Crippen LogP contribution >= 0.6 is 0 Å². The fourth-order valence-corrected chi connectivity index (χ4v) is 4.11. The van der Waals surface area contributed by atoms with E-state index in [1.54, 1.807) is 0 Å². The number of rotatable bonds is 3. The van der Waals surface area contributed by atoms with Crippen molar-refractivity contribution in [1.29, 1.82) is 0 Å². The molecule has 3 heteroatoms. The lowest BCUT2D eigenvalue weighted by Crippen LogP contribution is -2.47. The molecule has 0 spiro atoms. The van der Waals surface area contributed by atoms with Gasteiger partial charge in [0.25, 0.3) is 0 Å². The van der Waals surface area contributed by atoms with Crippen LogP contribution in [0.1, 0.15) is 57.6 Å². The number of nitrogens with one attached hydrogen (secondary N) is 1. The Morgan fingerprint density at radius 1 is 1.09 bits per heavy atom. The van der Waals surface area contributed by atoms with E-state index in [0.717, 1.165) is 18.2 Å². The molecule has 1 aromatic carbocycles. The summed E-state index contributed by atoms with van der Waals surface area (Å²) in [6.45, 7) is 6.95. The van der Waals surface area contributed by atoms with Crippen molar-refractivity contribution < 1.29 is 4.74 Å². The van der Waals surface area contributed by atoms with Crippen LogP contribution in [0.2, 0.25) is 0 Å². The summed E-state index contributed by atoms with van der Waals surface area (Å²) in [4.78, 5) is 2.69. The van der Waals surface area contributed by atoms with Gasteiger partial charge in [0.1, 0.15) is 11.4 Å². The smallest absolute Gasteiger partial charge is 0.124 e. The lowest BCUT2D eigenvalue weighted by Gasteiger charge is -2.41. The molecule has 120 valence electrons. The number of para-hydroxylation sites is 1. The van der Waals surface area contributed by atoms with Gasteiger partial charge in [-0.2, -0.15) is 0 Å². The summed E-state index contributed by atoms with van der Waals surface area (Å²) in [5, 5.41) is 3.94. The van der Waals surface area contributed by atoms with Gasteiger partial charge in [-0.05, 0) is 58.7 Å². The fraction of sp³-hybridized carbons (Fsp3) is 0.684. The molecule has 3 nitrogen and oxygen atoms in total. The van der Waals surface area contributed by atoms with Gasteiger partial charge in [-0.25, -0.2) is 0 Å². The zero-order valence-corrected chi connectivity index (χ0v) is 13.8. The molecule has 0 radical (unpaired) electrons. The lowest BCUT2D eigenvalue weighted by atomic mass is 9.88. The molecule has 0 amide bonds. The van der Waals surface area contributed by atoms with E-state index in [2.05, 4.69) is 48.3 Å². The van der Waals surface area contributed by atoms with E-state index in [-0.39, 0.29) is 5.60 Å². The summed E-state index contributed by atoms with van der Waals surface area (Å²) in [6.07, 6.45) is 6.49. The average molecular weight is 300 g/mol. The van der Waals surface area contributed by atoms with Gasteiger partial charge in [-0.3, -0.25) is 0 Å². The highest BCUT2D eigenvalue weighted by Crippen LogP contribution is 2.40. The first kappa shape index (κ1) is 14.5. The lowest BCUT2D eigenvalue weighted by molar-refractivity contribution is 0.0604. The molecular formula is C19H28N2O. The minimum Gasteiger partial charge on any atom is -0.487 e. The van der Waals surface area contributed by atoms with Gasteiger partial charge in [0.2, 0.25) is 0 Å². The van der Waals surface area contributed by atoms with Crippen molar-refractivity contribution in [2.24, 2.45) is 0 Å². The molecule has 4 rings (SSSR count). The van der Waals surface area contributed by atoms with Crippen LogP contribution in [0.15, 0.2) is 24.3 Å². The highest BCUT2D eigenvalue weighted by atomic mass is 16.5. The zero-order valence-electron chi connectivity index (χ0n) is 13.8. The molecule has 1 aromatic rings. The van der Waals surface area contributed by atoms with Gasteiger partial charge in [0, 0.05) is 30.1 Å². The molecule has 1 atom stereocenters. The Bertz CT molecular complexity index is 530. The van der Waals surface area contributed by atoms with Crippen LogP contribution in [0.5, 0.6) is 5.75 Å². The summed E-state index contributed by atoms with van der Waals surface area (Å²) in [6, 6.07) is 10.5. The maximum atomic E-state index is 6.15. The van der Waals surface area contributed by atoms with Crippen LogP contribution in [-0.4, -0.2) is 35.7 Å². The Labute approximate surface area is 134 Å². The largest absolute Gasteiger partial charge is 0.487 e. The average Bonchev–Trinajstić information content (AvgIpc) is 3.31. The quantitative estimate of drug-likeness (QED) is 0.924. The molecule has 3 aliphatic rings. The molecule has 0 aromatic heterocycles. The molecule has 2 heterocycles. The number of hydrogen-bond acceptors (Lipinski definition) is 3. The number of ether oxygens (including phenoxy) is 1. The van der Waals surface area contributed by atoms with Crippen molar-refractivity contribution in [3.63, 3.8) is 0 Å². The third-order valence-electron chi connectivity index (χ3n) is 5.41. The van der Waals surface area contributed by atoms with Gasteiger partial charge in [0.15, 0.2) is 0 Å². The highest BCUT2D eigenvalue weighted by Gasteiger charge is 2.36. The molecule has 2 fully saturated rings. The van der Waals surface area contributed by atoms with E-state index in [4.69, 9.17) is 4.74 Å². The fourth-order valence-electron chi connectivity index (χ4n) is 4.11. The van der Waals surface area contributed by atoms with Crippen LogP contribution < -0.4 is 10.1 Å². The Morgan fingerprint density at radius 3 is 2.55 bits per heavy atom. The Hall–Kier alpha value is -1.06. The van der Waals surface area contributed by atoms with Crippen molar-refractivity contribution in [2.75, 3.05) is 13.1 Å². The van der Waals surface area contributed by atoms with Gasteiger partial charge >= 0.3 is 0 Å². The van der Waals surface area contributed by atoms with Gasteiger partial charge in [0.05, 0.1) is 0 Å². The maximum Gasteiger partial charge on any atom is 0.124 e. The standard InChI is InChI=1S/C19H28N2O/c1-19(2)13-17(16-5-3-4-6-18(16)22-19)20-14-9-11-21(12-10-14)15-7-8-15/h3-6,14-15,17,20H,7-13H2,1-2H3/t17-/m1/s1. The molecule has 0 unspecified atom stereocenters. The summed E-state index contributed by atoms with van der Waals surface area (Å²) >= 11 is 0. The second kappa shape index (κ2) is 5.54. The summed E-state index contributed by atoms with van der Waals surface area (Å²) in [7, 11) is 0. The second-order valence-corrected chi connectivity index (χ2v) is 7.86. The van der Waals surface area contributed by atoms with Crippen LogP contribution in [-0.2, 0) is 0 Å². The van der Waals surface area contributed by atoms with Gasteiger partial charge in [-0.1, -0.05) is 18.2 Å². The molecule has 22 heavy (non-hydrogen) atoms. The predicted molar refractivity (Wildman–Crippen MR) is 89.3 cm³/mol. The normalized spacial score (nSPS) is 28.9. The first-order chi connectivity index (χ1) is 10.6.